The highest BCUT2D eigenvalue weighted by Crippen LogP contribution is 2.62. The number of unbranched alkanes of at least 4 members (excludes halogenated alkanes) is 2. The van der Waals surface area contributed by atoms with E-state index in [1.165, 1.54) is 5.56 Å². The standard InChI is InChI=1S/C51H64N2O9/c1-7-24-59-51-46(53(49(56)35-16-17-35)30-34-15-20-44-45(26-34)58-31-57-44)29-42(52-62-50(4,5)6)40-27-36(12-8-10-22-54)39(13-9-11-23-55)47(48(40)51)41-28-38(19-21-43(41)61-51)60-37-18-14-32(2)33(3)25-37/h7,14-15,18-21,25-28,35-36,39,46-48,54-55H,1,8-13,16-17,22-24,29-31H2,2-6H3. The number of hydrogen-bond acceptors (Lipinski definition) is 10. The molecule has 8 rings (SSSR count). The minimum atomic E-state index is -1.36. The lowest BCUT2D eigenvalue weighted by Crippen LogP contribution is -2.70. The Labute approximate surface area is 366 Å². The van der Waals surface area contributed by atoms with Crippen molar-refractivity contribution in [2.45, 2.75) is 122 Å². The Hall–Kier alpha value is -4.84. The molecule has 332 valence electrons. The molecule has 0 bridgehead atoms. The van der Waals surface area contributed by atoms with Crippen molar-refractivity contribution in [3.05, 3.63) is 101 Å². The summed E-state index contributed by atoms with van der Waals surface area (Å²) < 4.78 is 32.8. The van der Waals surface area contributed by atoms with E-state index in [1.54, 1.807) is 6.08 Å². The van der Waals surface area contributed by atoms with Crippen molar-refractivity contribution in [3.63, 3.8) is 0 Å². The predicted molar refractivity (Wildman–Crippen MR) is 238 cm³/mol. The van der Waals surface area contributed by atoms with Crippen LogP contribution >= 0.6 is 0 Å². The van der Waals surface area contributed by atoms with E-state index in [9.17, 15) is 15.0 Å². The molecule has 3 aromatic carbocycles. The van der Waals surface area contributed by atoms with Crippen LogP contribution in [0.1, 0.15) is 107 Å². The molecule has 2 heterocycles. The zero-order valence-corrected chi connectivity index (χ0v) is 37.1. The Morgan fingerprint density at radius 1 is 0.919 bits per heavy atom. The van der Waals surface area contributed by atoms with Gasteiger partial charge >= 0.3 is 0 Å². The molecule has 11 nitrogen and oxygen atoms in total. The van der Waals surface area contributed by atoms with Gasteiger partial charge in [0.25, 0.3) is 0 Å². The fraction of sp³-hybridized carbons (Fsp3) is 0.529. The van der Waals surface area contributed by atoms with Crippen molar-refractivity contribution < 1.29 is 43.5 Å². The minimum Gasteiger partial charge on any atom is -0.459 e. The second-order valence-electron chi connectivity index (χ2n) is 18.8. The first-order valence-corrected chi connectivity index (χ1v) is 22.6. The third kappa shape index (κ3) is 9.13. The number of aryl methyl sites for hydroxylation is 2. The number of carbonyl (C=O) groups is 1. The molecule has 3 aliphatic carbocycles. The minimum absolute atomic E-state index is 0.0537. The summed E-state index contributed by atoms with van der Waals surface area (Å²) in [7, 11) is 0. The second-order valence-corrected chi connectivity index (χ2v) is 18.8. The van der Waals surface area contributed by atoms with E-state index >= 15 is 0 Å². The molecule has 62 heavy (non-hydrogen) atoms. The smallest absolute Gasteiger partial charge is 0.239 e. The van der Waals surface area contributed by atoms with Crippen molar-refractivity contribution in [1.82, 2.24) is 4.90 Å². The van der Waals surface area contributed by atoms with Crippen molar-refractivity contribution in [3.8, 4) is 28.7 Å². The van der Waals surface area contributed by atoms with E-state index in [0.717, 1.165) is 72.2 Å². The number of amides is 1. The molecule has 11 heteroatoms. The number of fused-ring (bicyclic) bond motifs is 3. The van der Waals surface area contributed by atoms with Crippen LogP contribution in [0.5, 0.6) is 28.7 Å². The lowest BCUT2D eigenvalue weighted by Gasteiger charge is -2.60. The van der Waals surface area contributed by atoms with Gasteiger partial charge in [-0.15, -0.1) is 6.58 Å². The van der Waals surface area contributed by atoms with Gasteiger partial charge in [0, 0.05) is 43.6 Å². The molecular weight excluding hydrogens is 785 g/mol. The molecule has 2 fully saturated rings. The topological polar surface area (TPSA) is 129 Å². The maximum absolute atomic E-state index is 14.9. The number of nitrogens with zero attached hydrogens (tertiary/aromatic N) is 2. The molecule has 5 aliphatic rings. The number of allylic oxidation sites excluding steroid dienone is 1. The summed E-state index contributed by atoms with van der Waals surface area (Å²) in [6.07, 6.45) is 10.9. The number of hydrogen-bond donors (Lipinski definition) is 2. The summed E-state index contributed by atoms with van der Waals surface area (Å²) in [5.74, 6) is 1.66. The second kappa shape index (κ2) is 18.5. The number of carbonyl (C=O) groups excluding carboxylic acids is 1. The first-order valence-electron chi connectivity index (χ1n) is 22.6. The van der Waals surface area contributed by atoms with Gasteiger partial charge in [-0.1, -0.05) is 42.3 Å². The molecule has 2 saturated carbocycles. The fourth-order valence-electron chi connectivity index (χ4n) is 9.96. The Bertz CT molecular complexity index is 2170. The van der Waals surface area contributed by atoms with Gasteiger partial charge in [-0.2, -0.15) is 0 Å². The highest BCUT2D eigenvalue weighted by Gasteiger charge is 2.66. The summed E-state index contributed by atoms with van der Waals surface area (Å²) >= 11 is 0. The van der Waals surface area contributed by atoms with Crippen LogP contribution in [0.2, 0.25) is 0 Å². The van der Waals surface area contributed by atoms with Gasteiger partial charge in [0.15, 0.2) is 11.5 Å². The third-order valence-corrected chi connectivity index (χ3v) is 13.2. The van der Waals surface area contributed by atoms with Crippen molar-refractivity contribution in [2.24, 2.45) is 28.8 Å². The van der Waals surface area contributed by atoms with Crippen molar-refractivity contribution >= 4 is 11.6 Å². The summed E-state index contributed by atoms with van der Waals surface area (Å²) in [5, 5.41) is 25.0. The highest BCUT2D eigenvalue weighted by atomic mass is 16.7. The molecule has 0 aromatic heterocycles. The molecule has 1 amide bonds. The molecule has 0 saturated heterocycles. The van der Waals surface area contributed by atoms with E-state index in [1.807, 2.05) is 62.1 Å². The first kappa shape index (κ1) is 43.8. The van der Waals surface area contributed by atoms with Crippen molar-refractivity contribution in [2.75, 3.05) is 26.6 Å². The molecule has 2 N–H and O–H groups in total. The zero-order valence-electron chi connectivity index (χ0n) is 37.1. The van der Waals surface area contributed by atoms with Crippen LogP contribution in [0.4, 0.5) is 0 Å². The molecule has 6 unspecified atom stereocenters. The van der Waals surface area contributed by atoms with E-state index in [4.69, 9.17) is 33.7 Å². The van der Waals surface area contributed by atoms with Gasteiger partial charge in [-0.3, -0.25) is 4.79 Å². The Morgan fingerprint density at radius 2 is 1.65 bits per heavy atom. The largest absolute Gasteiger partial charge is 0.459 e. The monoisotopic (exact) mass is 848 g/mol. The van der Waals surface area contributed by atoms with Gasteiger partial charge in [-0.05, 0) is 150 Å². The van der Waals surface area contributed by atoms with Crippen LogP contribution in [-0.4, -0.2) is 70.8 Å². The normalized spacial score (nSPS) is 25.3. The van der Waals surface area contributed by atoms with Crippen LogP contribution < -0.4 is 18.9 Å². The van der Waals surface area contributed by atoms with Gasteiger partial charge in [-0.25, -0.2) is 0 Å². The zero-order chi connectivity index (χ0) is 43.6. The fourth-order valence-corrected chi connectivity index (χ4v) is 9.96. The quantitative estimate of drug-likeness (QED) is 0.0731. The summed E-state index contributed by atoms with van der Waals surface area (Å²) in [4.78, 5) is 23.2. The SMILES string of the molecule is C=CCOC12Oc3ccc(Oc4ccc(C)c(C)c4)cc3C3C(CCCCO)C(CCCCO)C=C(C(=NOC(C)(C)C)CC1N(Cc1ccc4c(c1)OCO4)C(=O)C1CC1)C32. The average molecular weight is 849 g/mol. The maximum atomic E-state index is 14.9. The van der Waals surface area contributed by atoms with Crippen LogP contribution in [0.25, 0.3) is 0 Å². The van der Waals surface area contributed by atoms with Gasteiger partial charge < -0.3 is 43.6 Å². The molecular formula is C51H64N2O9. The Morgan fingerprint density at radius 3 is 2.37 bits per heavy atom. The van der Waals surface area contributed by atoms with Crippen molar-refractivity contribution in [1.29, 1.82) is 0 Å². The summed E-state index contributed by atoms with van der Waals surface area (Å²) in [5.41, 5.74) is 5.45. The number of ether oxygens (including phenoxy) is 5. The average Bonchev–Trinajstić information content (AvgIpc) is 4.00. The molecule has 0 radical (unpaired) electrons. The molecule has 3 aromatic rings. The molecule has 0 spiro atoms. The predicted octanol–water partition coefficient (Wildman–Crippen LogP) is 9.70. The number of aliphatic hydroxyl groups excluding tert-OH is 2. The number of benzene rings is 3. The van der Waals surface area contributed by atoms with E-state index in [0.29, 0.717) is 48.8 Å². The third-order valence-electron chi connectivity index (χ3n) is 13.2. The van der Waals surface area contributed by atoms with Crippen LogP contribution in [0.3, 0.4) is 0 Å². The van der Waals surface area contributed by atoms with E-state index in [-0.39, 0.29) is 56.2 Å². The maximum Gasteiger partial charge on any atom is 0.239 e. The van der Waals surface area contributed by atoms with E-state index in [2.05, 4.69) is 44.7 Å². The van der Waals surface area contributed by atoms with Gasteiger partial charge in [0.1, 0.15) is 28.9 Å². The number of aliphatic hydroxyl groups is 2. The Balaban J connectivity index is 1.34. The Kier molecular flexibility index (Phi) is 13.1. The number of oxime groups is 1. The lowest BCUT2D eigenvalue weighted by molar-refractivity contribution is -0.258. The first-order chi connectivity index (χ1) is 29.9. The highest BCUT2D eigenvalue weighted by molar-refractivity contribution is 6.03. The molecule has 2 aliphatic heterocycles. The lowest BCUT2D eigenvalue weighted by atomic mass is 9.55. The van der Waals surface area contributed by atoms with Crippen LogP contribution in [0.15, 0.2) is 84.1 Å². The van der Waals surface area contributed by atoms with Crippen LogP contribution in [-0.2, 0) is 20.9 Å². The summed E-state index contributed by atoms with van der Waals surface area (Å²) in [6.45, 7) is 15.1. The van der Waals surface area contributed by atoms with E-state index < -0.39 is 23.3 Å². The van der Waals surface area contributed by atoms with Gasteiger partial charge in [0.2, 0.25) is 18.5 Å². The van der Waals surface area contributed by atoms with Gasteiger partial charge in [0.05, 0.1) is 18.2 Å². The van der Waals surface area contributed by atoms with Crippen LogP contribution in [0, 0.1) is 37.5 Å². The summed E-state index contributed by atoms with van der Waals surface area (Å²) in [6, 6.07) is 17.5. The number of rotatable bonds is 18. The molecule has 6 atom stereocenters.